The molecule has 1 aromatic carbocycles. The predicted octanol–water partition coefficient (Wildman–Crippen LogP) is 3.18. The third-order valence-electron chi connectivity index (χ3n) is 4.39. The van der Waals surface area contributed by atoms with Gasteiger partial charge >= 0.3 is 0 Å². The van der Waals surface area contributed by atoms with Crippen LogP contribution in [0.4, 0.5) is 5.82 Å². The first-order valence-electron chi connectivity index (χ1n) is 8.64. The molecule has 0 unspecified atom stereocenters. The van der Waals surface area contributed by atoms with Gasteiger partial charge in [0.15, 0.2) is 0 Å². The largest absolute Gasteiger partial charge is 0.354 e. The molecule has 0 spiro atoms. The summed E-state index contributed by atoms with van der Waals surface area (Å²) in [6.07, 6.45) is 0. The van der Waals surface area contributed by atoms with Crippen LogP contribution in [0.1, 0.15) is 31.3 Å². The number of aryl methyl sites for hydroxylation is 1. The lowest BCUT2D eigenvalue weighted by atomic mass is 10.2. The average Bonchev–Trinajstić information content (AvgIpc) is 2.61. The zero-order valence-corrected chi connectivity index (χ0v) is 17.6. The van der Waals surface area contributed by atoms with Crippen LogP contribution in [0, 0.1) is 6.92 Å². The Balaban J connectivity index is 1.77. The lowest BCUT2D eigenvalue weighted by Crippen LogP contribution is -2.49. The van der Waals surface area contributed by atoms with Gasteiger partial charge in [-0.15, -0.1) is 0 Å². The molecule has 1 aliphatic rings. The lowest BCUT2D eigenvalue weighted by Gasteiger charge is -2.35. The minimum atomic E-state index is -3.50. The monoisotopic (exact) mass is 438 g/mol. The quantitative estimate of drug-likeness (QED) is 0.732. The Kier molecular flexibility index (Phi) is 5.64. The molecule has 1 fully saturated rings. The van der Waals surface area contributed by atoms with Crippen LogP contribution >= 0.6 is 15.9 Å². The summed E-state index contributed by atoms with van der Waals surface area (Å²) in [5, 5.41) is 0. The van der Waals surface area contributed by atoms with E-state index in [1.54, 1.807) is 22.5 Å². The molecule has 8 heteroatoms. The second-order valence-corrected chi connectivity index (χ2v) is 9.46. The zero-order valence-electron chi connectivity index (χ0n) is 15.2. The van der Waals surface area contributed by atoms with Crippen molar-refractivity contribution in [1.82, 2.24) is 14.3 Å². The summed E-state index contributed by atoms with van der Waals surface area (Å²) in [6, 6.07) is 8.90. The Morgan fingerprint density at radius 3 is 2.35 bits per heavy atom. The normalized spacial score (nSPS) is 16.3. The zero-order chi connectivity index (χ0) is 18.9. The van der Waals surface area contributed by atoms with Crippen LogP contribution in [0.25, 0.3) is 0 Å². The fourth-order valence-corrected chi connectivity index (χ4v) is 5.33. The second-order valence-electron chi connectivity index (χ2n) is 6.70. The molecule has 1 saturated heterocycles. The highest BCUT2D eigenvalue weighted by Crippen LogP contribution is 2.26. The van der Waals surface area contributed by atoms with Crippen LogP contribution in [0.15, 0.2) is 39.7 Å². The van der Waals surface area contributed by atoms with E-state index < -0.39 is 10.0 Å². The van der Waals surface area contributed by atoms with Crippen molar-refractivity contribution in [2.24, 2.45) is 0 Å². The van der Waals surface area contributed by atoms with Gasteiger partial charge in [0.1, 0.15) is 11.6 Å². The highest BCUT2D eigenvalue weighted by atomic mass is 79.9. The first-order chi connectivity index (χ1) is 12.3. The molecular weight excluding hydrogens is 416 g/mol. The minimum Gasteiger partial charge on any atom is -0.354 e. The highest BCUT2D eigenvalue weighted by molar-refractivity contribution is 9.10. The number of benzene rings is 1. The minimum absolute atomic E-state index is 0.255. The topological polar surface area (TPSA) is 66.4 Å². The summed E-state index contributed by atoms with van der Waals surface area (Å²) in [4.78, 5) is 11.6. The maximum Gasteiger partial charge on any atom is 0.244 e. The van der Waals surface area contributed by atoms with E-state index >= 15 is 0 Å². The van der Waals surface area contributed by atoms with Gasteiger partial charge in [0.2, 0.25) is 10.0 Å². The molecule has 0 bridgehead atoms. The number of hydrogen-bond donors (Lipinski definition) is 0. The molecule has 6 nitrogen and oxygen atoms in total. The first kappa shape index (κ1) is 19.3. The second kappa shape index (κ2) is 7.62. The van der Waals surface area contributed by atoms with E-state index in [0.29, 0.717) is 35.5 Å². The fourth-order valence-electron chi connectivity index (χ4n) is 2.95. The van der Waals surface area contributed by atoms with Crippen molar-refractivity contribution in [3.05, 3.63) is 46.3 Å². The molecule has 3 rings (SSSR count). The van der Waals surface area contributed by atoms with Gasteiger partial charge in [-0.1, -0.05) is 26.0 Å². The molecule has 0 amide bonds. The standard InChI is InChI=1S/C18H23BrN4O2S/c1-13(2)18-20-14(3)12-17(21-18)22-8-10-23(11-9-22)26(24,25)16-7-5-4-6-15(16)19/h4-7,12-13H,8-11H2,1-3H3. The maximum absolute atomic E-state index is 12.9. The van der Waals surface area contributed by atoms with Crippen molar-refractivity contribution < 1.29 is 8.42 Å². The number of piperazine rings is 1. The van der Waals surface area contributed by atoms with Gasteiger partial charge in [-0.25, -0.2) is 18.4 Å². The van der Waals surface area contributed by atoms with E-state index in [0.717, 1.165) is 17.3 Å². The molecule has 0 N–H and O–H groups in total. The van der Waals surface area contributed by atoms with Crippen molar-refractivity contribution in [1.29, 1.82) is 0 Å². The van der Waals surface area contributed by atoms with Crippen LogP contribution in [-0.4, -0.2) is 48.9 Å². The molecule has 2 aromatic rings. The van der Waals surface area contributed by atoms with Crippen LogP contribution in [0.5, 0.6) is 0 Å². The third-order valence-corrected chi connectivity index (χ3v) is 7.30. The van der Waals surface area contributed by atoms with Crippen molar-refractivity contribution in [2.45, 2.75) is 31.6 Å². The number of halogens is 1. The number of anilines is 1. The fraction of sp³-hybridized carbons (Fsp3) is 0.444. The summed E-state index contributed by atoms with van der Waals surface area (Å²) < 4.78 is 27.9. The van der Waals surface area contributed by atoms with Gasteiger partial charge in [0, 0.05) is 48.3 Å². The molecule has 1 aromatic heterocycles. The molecule has 0 aliphatic carbocycles. The van der Waals surface area contributed by atoms with E-state index in [2.05, 4.69) is 44.6 Å². The predicted molar refractivity (Wildman–Crippen MR) is 106 cm³/mol. The van der Waals surface area contributed by atoms with Crippen LogP contribution < -0.4 is 4.90 Å². The smallest absolute Gasteiger partial charge is 0.244 e. The summed E-state index contributed by atoms with van der Waals surface area (Å²) in [6.45, 7) is 8.19. The highest BCUT2D eigenvalue weighted by Gasteiger charge is 2.30. The van der Waals surface area contributed by atoms with E-state index in [1.165, 1.54) is 0 Å². The van der Waals surface area contributed by atoms with Crippen LogP contribution in [0.2, 0.25) is 0 Å². The number of nitrogens with zero attached hydrogens (tertiary/aromatic N) is 4. The Morgan fingerprint density at radius 2 is 1.73 bits per heavy atom. The summed E-state index contributed by atoms with van der Waals surface area (Å²) in [5.41, 5.74) is 0.932. The lowest BCUT2D eigenvalue weighted by molar-refractivity contribution is 0.383. The summed E-state index contributed by atoms with van der Waals surface area (Å²) in [7, 11) is -3.50. The Labute approximate surface area is 163 Å². The molecule has 140 valence electrons. The Bertz CT molecular complexity index is 894. The van der Waals surface area contributed by atoms with E-state index in [4.69, 9.17) is 0 Å². The number of rotatable bonds is 4. The van der Waals surface area contributed by atoms with Crippen LogP contribution in [0.3, 0.4) is 0 Å². The third kappa shape index (κ3) is 3.92. The van der Waals surface area contributed by atoms with Crippen molar-refractivity contribution in [2.75, 3.05) is 31.1 Å². The van der Waals surface area contributed by atoms with Gasteiger partial charge in [0.25, 0.3) is 0 Å². The van der Waals surface area contributed by atoms with Crippen LogP contribution in [-0.2, 0) is 10.0 Å². The molecular formula is C18H23BrN4O2S. The average molecular weight is 439 g/mol. The van der Waals surface area contributed by atoms with E-state index in [9.17, 15) is 8.42 Å². The maximum atomic E-state index is 12.9. The first-order valence-corrected chi connectivity index (χ1v) is 10.9. The number of hydrogen-bond acceptors (Lipinski definition) is 5. The van der Waals surface area contributed by atoms with Gasteiger partial charge in [0.05, 0.1) is 4.90 Å². The molecule has 0 radical (unpaired) electrons. The van der Waals surface area contributed by atoms with Gasteiger partial charge < -0.3 is 4.90 Å². The molecule has 26 heavy (non-hydrogen) atoms. The van der Waals surface area contributed by atoms with E-state index in [1.807, 2.05) is 19.1 Å². The van der Waals surface area contributed by atoms with Crippen molar-refractivity contribution in [3.8, 4) is 0 Å². The SMILES string of the molecule is Cc1cc(N2CCN(S(=O)(=O)c3ccccc3Br)CC2)nc(C(C)C)n1. The van der Waals surface area contributed by atoms with Gasteiger partial charge in [-0.3, -0.25) is 0 Å². The molecule has 0 saturated carbocycles. The van der Waals surface area contributed by atoms with Gasteiger partial charge in [-0.05, 0) is 35.0 Å². The van der Waals surface area contributed by atoms with E-state index in [-0.39, 0.29) is 5.92 Å². The summed E-state index contributed by atoms with van der Waals surface area (Å²) in [5.74, 6) is 1.95. The Hall–Kier alpha value is -1.51. The number of sulfonamides is 1. The van der Waals surface area contributed by atoms with Crippen molar-refractivity contribution >= 4 is 31.8 Å². The summed E-state index contributed by atoms with van der Waals surface area (Å²) >= 11 is 3.34. The molecule has 0 atom stereocenters. The van der Waals surface area contributed by atoms with Crippen molar-refractivity contribution in [3.63, 3.8) is 0 Å². The molecule has 1 aliphatic heterocycles. The van der Waals surface area contributed by atoms with Gasteiger partial charge in [-0.2, -0.15) is 4.31 Å². The molecule has 2 heterocycles. The number of aromatic nitrogens is 2. The Morgan fingerprint density at radius 1 is 1.08 bits per heavy atom.